The van der Waals surface area contributed by atoms with Crippen molar-refractivity contribution in [3.05, 3.63) is 96.2 Å². The minimum absolute atomic E-state index is 0.614. The van der Waals surface area contributed by atoms with Crippen LogP contribution in [0.25, 0.3) is 16.8 Å². The number of benzene rings is 3. The lowest BCUT2D eigenvalue weighted by Crippen LogP contribution is -2.33. The first-order valence-electron chi connectivity index (χ1n) is 10.0. The average Bonchev–Trinajstić information content (AvgIpc) is 3.21. The van der Waals surface area contributed by atoms with Crippen molar-refractivity contribution < 1.29 is 0 Å². The van der Waals surface area contributed by atoms with Gasteiger partial charge >= 0.3 is 0 Å². The van der Waals surface area contributed by atoms with Gasteiger partial charge in [-0.3, -0.25) is 0 Å². The van der Waals surface area contributed by atoms with Crippen molar-refractivity contribution >= 4 is 17.8 Å². The van der Waals surface area contributed by atoms with E-state index in [1.54, 1.807) is 6.34 Å². The van der Waals surface area contributed by atoms with Gasteiger partial charge in [-0.15, -0.1) is 0 Å². The van der Waals surface area contributed by atoms with Crippen LogP contribution in [-0.4, -0.2) is 16.1 Å². The molecule has 0 radical (unpaired) electrons. The Morgan fingerprint density at radius 3 is 2.43 bits per heavy atom. The fraction of sp³-hybridized carbons (Fsp3) is 0.120. The van der Waals surface area contributed by atoms with E-state index < -0.39 is 5.66 Å². The molecule has 1 aliphatic heterocycles. The summed E-state index contributed by atoms with van der Waals surface area (Å²) in [6.45, 7) is 4.15. The van der Waals surface area contributed by atoms with Gasteiger partial charge in [-0.1, -0.05) is 54.6 Å². The molecule has 0 fully saturated rings. The van der Waals surface area contributed by atoms with E-state index in [0.717, 1.165) is 22.8 Å². The van der Waals surface area contributed by atoms with Gasteiger partial charge in [0, 0.05) is 5.69 Å². The molecule has 0 amide bonds. The Morgan fingerprint density at radius 2 is 1.67 bits per heavy atom. The van der Waals surface area contributed by atoms with Gasteiger partial charge in [0.1, 0.15) is 5.82 Å². The van der Waals surface area contributed by atoms with Crippen LogP contribution in [0, 0.1) is 6.92 Å². The molecule has 30 heavy (non-hydrogen) atoms. The predicted octanol–water partition coefficient (Wildman–Crippen LogP) is 5.59. The molecule has 1 aromatic heterocycles. The lowest BCUT2D eigenvalue weighted by atomic mass is 10.0. The van der Waals surface area contributed by atoms with Crippen molar-refractivity contribution in [2.24, 2.45) is 4.99 Å². The Hall–Kier alpha value is -3.86. The Kier molecular flexibility index (Phi) is 4.36. The Labute approximate surface area is 176 Å². The molecular weight excluding hydrogens is 370 g/mol. The molecule has 0 bridgehead atoms. The van der Waals surface area contributed by atoms with Crippen LogP contribution < -0.4 is 10.6 Å². The third kappa shape index (κ3) is 3.24. The zero-order valence-electron chi connectivity index (χ0n) is 17.0. The van der Waals surface area contributed by atoms with E-state index in [4.69, 9.17) is 4.99 Å². The van der Waals surface area contributed by atoms with E-state index in [-0.39, 0.29) is 0 Å². The zero-order valence-corrected chi connectivity index (χ0v) is 17.0. The third-order valence-corrected chi connectivity index (χ3v) is 5.44. The molecular formula is C25H23N5. The lowest BCUT2D eigenvalue weighted by Gasteiger charge is -2.31. The minimum atomic E-state index is -0.614. The number of nitrogens with one attached hydrogen (secondary N) is 2. The maximum atomic E-state index is 4.70. The van der Waals surface area contributed by atoms with Gasteiger partial charge in [0.2, 0.25) is 0 Å². The van der Waals surface area contributed by atoms with Gasteiger partial charge in [0.25, 0.3) is 0 Å². The van der Waals surface area contributed by atoms with Crippen LogP contribution in [-0.2, 0) is 5.66 Å². The molecule has 5 rings (SSSR count). The lowest BCUT2D eigenvalue weighted by molar-refractivity contribution is 0.577. The van der Waals surface area contributed by atoms with E-state index in [0.29, 0.717) is 0 Å². The molecule has 0 saturated carbocycles. The molecule has 1 aliphatic rings. The highest BCUT2D eigenvalue weighted by atomic mass is 15.4. The summed E-state index contributed by atoms with van der Waals surface area (Å²) in [6, 6.07) is 27.1. The number of rotatable bonds is 4. The summed E-state index contributed by atoms with van der Waals surface area (Å²) in [4.78, 5) is 4.70. The maximum Gasteiger partial charge on any atom is 0.159 e. The number of fused-ring (bicyclic) bond motifs is 1. The van der Waals surface area contributed by atoms with E-state index in [2.05, 4.69) is 96.3 Å². The molecule has 0 aliphatic carbocycles. The Balaban J connectivity index is 1.45. The second-order valence-electron chi connectivity index (χ2n) is 7.70. The summed E-state index contributed by atoms with van der Waals surface area (Å²) >= 11 is 0. The van der Waals surface area contributed by atoms with Crippen LogP contribution in [0.15, 0.2) is 90.1 Å². The summed E-state index contributed by atoms with van der Waals surface area (Å²) in [5.74, 6) is 0.923. The largest absolute Gasteiger partial charge is 0.358 e. The van der Waals surface area contributed by atoms with E-state index in [9.17, 15) is 0 Å². The van der Waals surface area contributed by atoms with Gasteiger partial charge in [-0.25, -0.2) is 9.67 Å². The number of nitrogens with zero attached hydrogens (tertiary/aromatic N) is 3. The van der Waals surface area contributed by atoms with Crippen LogP contribution in [0.4, 0.5) is 11.5 Å². The molecule has 4 aromatic rings. The first kappa shape index (κ1) is 18.2. The highest BCUT2D eigenvalue weighted by Gasteiger charge is 2.33. The summed E-state index contributed by atoms with van der Waals surface area (Å²) in [5, 5.41) is 11.5. The number of anilines is 2. The number of aryl methyl sites for hydroxylation is 1. The molecule has 148 valence electrons. The molecule has 2 heterocycles. The van der Waals surface area contributed by atoms with Gasteiger partial charge in [-0.05, 0) is 54.8 Å². The van der Waals surface area contributed by atoms with Gasteiger partial charge in [0.05, 0.1) is 23.8 Å². The molecule has 2 N–H and O–H groups in total. The molecule has 1 atom stereocenters. The van der Waals surface area contributed by atoms with E-state index in [1.165, 1.54) is 16.7 Å². The second kappa shape index (κ2) is 7.19. The Bertz CT molecular complexity index is 1210. The summed E-state index contributed by atoms with van der Waals surface area (Å²) in [7, 11) is 0. The van der Waals surface area contributed by atoms with Crippen molar-refractivity contribution in [3.63, 3.8) is 0 Å². The van der Waals surface area contributed by atoms with E-state index >= 15 is 0 Å². The fourth-order valence-electron chi connectivity index (χ4n) is 3.85. The van der Waals surface area contributed by atoms with Crippen LogP contribution >= 0.6 is 0 Å². The van der Waals surface area contributed by atoms with Crippen LogP contribution in [0.2, 0.25) is 0 Å². The van der Waals surface area contributed by atoms with Crippen LogP contribution in [0.1, 0.15) is 18.1 Å². The minimum Gasteiger partial charge on any atom is -0.358 e. The third-order valence-electron chi connectivity index (χ3n) is 5.44. The number of aliphatic imine (C=N–C) groups is 1. The highest BCUT2D eigenvalue weighted by molar-refractivity contribution is 5.81. The van der Waals surface area contributed by atoms with Crippen LogP contribution in [0.5, 0.6) is 0 Å². The summed E-state index contributed by atoms with van der Waals surface area (Å²) in [6.07, 6.45) is 3.62. The normalized spacial score (nSPS) is 17.3. The molecule has 0 spiro atoms. The van der Waals surface area contributed by atoms with Crippen molar-refractivity contribution in [2.75, 3.05) is 10.6 Å². The molecule has 1 unspecified atom stereocenters. The fourth-order valence-corrected chi connectivity index (χ4v) is 3.85. The van der Waals surface area contributed by atoms with Crippen molar-refractivity contribution in [3.8, 4) is 16.8 Å². The standard InChI is InChI=1S/C25H23N5/c1-18-7-6-10-22(15-18)30-24-23(16-28-30)25(2,27-17-26-24)29-21-13-11-20(12-14-21)19-8-4-3-5-9-19/h3-17,29H,1-2H3,(H,26,27). The number of aromatic nitrogens is 2. The summed E-state index contributed by atoms with van der Waals surface area (Å²) in [5.41, 5.74) is 6.00. The quantitative estimate of drug-likeness (QED) is 0.475. The topological polar surface area (TPSA) is 54.2 Å². The van der Waals surface area contributed by atoms with Crippen molar-refractivity contribution in [1.29, 1.82) is 0 Å². The molecule has 0 saturated heterocycles. The monoisotopic (exact) mass is 393 g/mol. The second-order valence-corrected chi connectivity index (χ2v) is 7.70. The highest BCUT2D eigenvalue weighted by Crippen LogP contribution is 2.36. The Morgan fingerprint density at radius 1 is 0.900 bits per heavy atom. The smallest absolute Gasteiger partial charge is 0.159 e. The summed E-state index contributed by atoms with van der Waals surface area (Å²) < 4.78 is 1.92. The maximum absolute atomic E-state index is 4.70. The molecule has 3 aromatic carbocycles. The van der Waals surface area contributed by atoms with Gasteiger partial charge < -0.3 is 10.6 Å². The van der Waals surface area contributed by atoms with E-state index in [1.807, 2.05) is 23.0 Å². The average molecular weight is 393 g/mol. The van der Waals surface area contributed by atoms with Crippen molar-refractivity contribution in [2.45, 2.75) is 19.5 Å². The molecule has 5 nitrogen and oxygen atoms in total. The van der Waals surface area contributed by atoms with Crippen molar-refractivity contribution in [1.82, 2.24) is 9.78 Å². The van der Waals surface area contributed by atoms with Gasteiger partial charge in [-0.2, -0.15) is 5.10 Å². The van der Waals surface area contributed by atoms with Crippen LogP contribution in [0.3, 0.4) is 0 Å². The molecule has 5 heteroatoms. The predicted molar refractivity (Wildman–Crippen MR) is 123 cm³/mol. The van der Waals surface area contributed by atoms with Gasteiger partial charge in [0.15, 0.2) is 5.66 Å². The number of hydrogen-bond acceptors (Lipinski definition) is 4. The SMILES string of the molecule is Cc1cccc(-n2ncc3c2NC=NC3(C)Nc2ccc(-c3ccccc3)cc2)c1. The first-order chi connectivity index (χ1) is 14.6. The number of hydrogen-bond donors (Lipinski definition) is 2. The zero-order chi connectivity index (χ0) is 20.6. The first-order valence-corrected chi connectivity index (χ1v) is 10.0.